The third-order valence-electron chi connectivity index (χ3n) is 4.03. The first-order valence-corrected chi connectivity index (χ1v) is 7.73. The highest BCUT2D eigenvalue weighted by Gasteiger charge is 2.29. The van der Waals surface area contributed by atoms with Crippen LogP contribution in [-0.2, 0) is 0 Å². The number of thiophene rings is 1. The van der Waals surface area contributed by atoms with Gasteiger partial charge in [0.2, 0.25) is 0 Å². The molecule has 1 aromatic heterocycles. The van der Waals surface area contributed by atoms with E-state index >= 15 is 0 Å². The molecule has 4 heteroatoms. The van der Waals surface area contributed by atoms with E-state index in [-0.39, 0.29) is 12.1 Å². The maximum Gasteiger partial charge on any atom is 0.0541 e. The second-order valence-electron chi connectivity index (χ2n) is 5.47. The zero-order valence-electron chi connectivity index (χ0n) is 11.2. The lowest BCUT2D eigenvalue weighted by molar-refractivity contribution is 0.0512. The highest BCUT2D eigenvalue weighted by molar-refractivity contribution is 7.07. The maximum atomic E-state index is 9.65. The normalized spacial score (nSPS) is 23.8. The number of hydrogen-bond acceptors (Lipinski definition) is 4. The summed E-state index contributed by atoms with van der Waals surface area (Å²) in [5, 5.41) is 14.0. The van der Waals surface area contributed by atoms with E-state index in [1.165, 1.54) is 5.56 Å². The number of aliphatic hydroxyl groups is 1. The minimum Gasteiger partial charge on any atom is -0.393 e. The first-order chi connectivity index (χ1) is 8.59. The molecular weight excluding hydrogens is 244 g/mol. The van der Waals surface area contributed by atoms with Crippen molar-refractivity contribution in [2.24, 2.45) is 11.7 Å². The Hall–Kier alpha value is -0.420. The highest BCUT2D eigenvalue weighted by atomic mass is 32.1. The molecule has 0 bridgehead atoms. The van der Waals surface area contributed by atoms with E-state index in [1.54, 1.807) is 11.3 Å². The van der Waals surface area contributed by atoms with Gasteiger partial charge >= 0.3 is 0 Å². The number of nitrogens with zero attached hydrogens (tertiary/aromatic N) is 1. The number of hydrogen-bond donors (Lipinski definition) is 2. The van der Waals surface area contributed by atoms with Crippen molar-refractivity contribution in [2.45, 2.75) is 44.9 Å². The monoisotopic (exact) mass is 268 g/mol. The standard InChI is InChI=1S/C14H24N2OS/c1-10(15)14(13-5-8-18-9-13)16-6-3-12(4-7-16)11(2)17/h5,8-12,14,17H,3-4,6-7,15H2,1-2H3. The van der Waals surface area contributed by atoms with Crippen LogP contribution >= 0.6 is 11.3 Å². The Bertz CT molecular complexity index is 343. The summed E-state index contributed by atoms with van der Waals surface area (Å²) in [5.74, 6) is 0.456. The Morgan fingerprint density at radius 2 is 2.06 bits per heavy atom. The summed E-state index contributed by atoms with van der Waals surface area (Å²) in [4.78, 5) is 2.48. The zero-order chi connectivity index (χ0) is 13.1. The average Bonchev–Trinajstić information content (AvgIpc) is 2.83. The molecule has 0 aliphatic carbocycles. The largest absolute Gasteiger partial charge is 0.393 e. The van der Waals surface area contributed by atoms with Crippen LogP contribution in [0.1, 0.15) is 38.3 Å². The molecule has 3 unspecified atom stereocenters. The molecule has 2 rings (SSSR count). The number of nitrogens with two attached hydrogens (primary N) is 1. The second kappa shape index (κ2) is 6.15. The summed E-state index contributed by atoms with van der Waals surface area (Å²) in [6, 6.07) is 2.65. The quantitative estimate of drug-likeness (QED) is 0.880. The molecule has 102 valence electrons. The van der Waals surface area contributed by atoms with E-state index < -0.39 is 0 Å². The van der Waals surface area contributed by atoms with Crippen molar-refractivity contribution in [2.75, 3.05) is 13.1 Å². The topological polar surface area (TPSA) is 49.5 Å². The number of rotatable bonds is 4. The summed E-state index contributed by atoms with van der Waals surface area (Å²) in [6.45, 7) is 6.07. The van der Waals surface area contributed by atoms with E-state index in [1.807, 2.05) is 6.92 Å². The van der Waals surface area contributed by atoms with Crippen LogP contribution in [0.5, 0.6) is 0 Å². The fraction of sp³-hybridized carbons (Fsp3) is 0.714. The van der Waals surface area contributed by atoms with Gasteiger partial charge in [0, 0.05) is 6.04 Å². The van der Waals surface area contributed by atoms with E-state index in [2.05, 4.69) is 28.7 Å². The molecule has 1 aliphatic rings. The van der Waals surface area contributed by atoms with Crippen LogP contribution in [0.3, 0.4) is 0 Å². The van der Waals surface area contributed by atoms with E-state index in [0.717, 1.165) is 25.9 Å². The molecule has 0 spiro atoms. The van der Waals surface area contributed by atoms with Crippen LogP contribution in [0.2, 0.25) is 0 Å². The van der Waals surface area contributed by atoms with E-state index in [0.29, 0.717) is 12.0 Å². The Balaban J connectivity index is 2.02. The second-order valence-corrected chi connectivity index (χ2v) is 6.25. The summed E-state index contributed by atoms with van der Waals surface area (Å²) in [7, 11) is 0. The van der Waals surface area contributed by atoms with E-state index in [9.17, 15) is 5.11 Å². The van der Waals surface area contributed by atoms with Crippen LogP contribution in [0.25, 0.3) is 0 Å². The molecule has 1 fully saturated rings. The molecule has 18 heavy (non-hydrogen) atoms. The van der Waals surface area contributed by atoms with Crippen molar-refractivity contribution >= 4 is 11.3 Å². The third kappa shape index (κ3) is 3.12. The Kier molecular flexibility index (Phi) is 4.78. The predicted molar refractivity (Wildman–Crippen MR) is 76.7 cm³/mol. The van der Waals surface area contributed by atoms with Gasteiger partial charge in [-0.3, -0.25) is 4.90 Å². The van der Waals surface area contributed by atoms with Gasteiger partial charge < -0.3 is 10.8 Å². The SMILES string of the molecule is CC(N)C(c1ccsc1)N1CCC(C(C)O)CC1. The smallest absolute Gasteiger partial charge is 0.0541 e. The van der Waals surface area contributed by atoms with Crippen molar-refractivity contribution < 1.29 is 5.11 Å². The molecule has 1 aromatic rings. The van der Waals surface area contributed by atoms with Crippen LogP contribution in [0, 0.1) is 5.92 Å². The predicted octanol–water partition coefficient (Wildman–Crippen LogP) is 2.23. The summed E-state index contributed by atoms with van der Waals surface area (Å²) in [5.41, 5.74) is 7.51. The lowest BCUT2D eigenvalue weighted by Gasteiger charge is -2.39. The molecule has 1 aliphatic heterocycles. The Morgan fingerprint density at radius 1 is 1.39 bits per heavy atom. The lowest BCUT2D eigenvalue weighted by Crippen LogP contribution is -2.44. The molecule has 0 saturated carbocycles. The Labute approximate surface area is 114 Å². The fourth-order valence-corrected chi connectivity index (χ4v) is 3.66. The third-order valence-corrected chi connectivity index (χ3v) is 4.73. The first-order valence-electron chi connectivity index (χ1n) is 6.79. The van der Waals surface area contributed by atoms with Crippen molar-refractivity contribution in [1.82, 2.24) is 4.90 Å². The molecule has 3 nitrogen and oxygen atoms in total. The van der Waals surface area contributed by atoms with Crippen LogP contribution < -0.4 is 5.73 Å². The highest BCUT2D eigenvalue weighted by Crippen LogP contribution is 2.30. The van der Waals surface area contributed by atoms with Crippen molar-refractivity contribution in [1.29, 1.82) is 0 Å². The molecule has 3 N–H and O–H groups in total. The molecule has 1 saturated heterocycles. The van der Waals surface area contributed by atoms with Gasteiger partial charge in [0.1, 0.15) is 0 Å². The van der Waals surface area contributed by atoms with Gasteiger partial charge in [0.25, 0.3) is 0 Å². The maximum absolute atomic E-state index is 9.65. The molecule has 2 heterocycles. The summed E-state index contributed by atoms with van der Waals surface area (Å²) in [6.07, 6.45) is 1.97. The minimum absolute atomic E-state index is 0.141. The molecule has 0 radical (unpaired) electrons. The summed E-state index contributed by atoms with van der Waals surface area (Å²) < 4.78 is 0. The lowest BCUT2D eigenvalue weighted by atomic mass is 9.90. The first kappa shape index (κ1) is 14.0. The van der Waals surface area contributed by atoms with Crippen molar-refractivity contribution in [3.05, 3.63) is 22.4 Å². The van der Waals surface area contributed by atoms with Crippen molar-refractivity contribution in [3.8, 4) is 0 Å². The van der Waals surface area contributed by atoms with Crippen LogP contribution in [0.4, 0.5) is 0 Å². The van der Waals surface area contributed by atoms with Gasteiger partial charge in [0.15, 0.2) is 0 Å². The van der Waals surface area contributed by atoms with Gasteiger partial charge in [-0.25, -0.2) is 0 Å². The molecule has 0 amide bonds. The van der Waals surface area contributed by atoms with Gasteiger partial charge in [-0.2, -0.15) is 11.3 Å². The average molecular weight is 268 g/mol. The molecule has 0 aromatic carbocycles. The zero-order valence-corrected chi connectivity index (χ0v) is 12.1. The van der Waals surface area contributed by atoms with Gasteiger partial charge in [-0.1, -0.05) is 0 Å². The van der Waals surface area contributed by atoms with E-state index in [4.69, 9.17) is 5.73 Å². The molecule has 3 atom stereocenters. The summed E-state index contributed by atoms with van der Waals surface area (Å²) >= 11 is 1.73. The van der Waals surface area contributed by atoms with Crippen molar-refractivity contribution in [3.63, 3.8) is 0 Å². The van der Waals surface area contributed by atoms with Gasteiger partial charge in [-0.05, 0) is 68.1 Å². The number of aliphatic hydroxyl groups excluding tert-OH is 1. The minimum atomic E-state index is -0.179. The Morgan fingerprint density at radius 3 is 2.50 bits per heavy atom. The van der Waals surface area contributed by atoms with Gasteiger partial charge in [0.05, 0.1) is 12.1 Å². The van der Waals surface area contributed by atoms with Gasteiger partial charge in [-0.15, -0.1) is 0 Å². The molecular formula is C14H24N2OS. The number of piperidine rings is 1. The fourth-order valence-electron chi connectivity index (χ4n) is 2.97. The van der Waals surface area contributed by atoms with Crippen LogP contribution in [0.15, 0.2) is 16.8 Å². The number of likely N-dealkylation sites (tertiary alicyclic amines) is 1. The van der Waals surface area contributed by atoms with Crippen LogP contribution in [-0.4, -0.2) is 35.2 Å².